The van der Waals surface area contributed by atoms with Crippen molar-refractivity contribution in [3.63, 3.8) is 0 Å². The summed E-state index contributed by atoms with van der Waals surface area (Å²) in [6.45, 7) is 5.71. The molecule has 0 aromatic rings. The SMILES string of the molecule is C=C[C@@H]1CCC(C)C(=O)C1. The van der Waals surface area contributed by atoms with Crippen LogP contribution in [0.4, 0.5) is 0 Å². The molecule has 0 aliphatic heterocycles. The molecule has 0 aromatic carbocycles. The Labute approximate surface area is 62.1 Å². The molecule has 0 N–H and O–H groups in total. The van der Waals surface area contributed by atoms with E-state index in [2.05, 4.69) is 6.58 Å². The zero-order valence-electron chi connectivity index (χ0n) is 6.47. The normalized spacial score (nSPS) is 33.9. The molecule has 56 valence electrons. The van der Waals surface area contributed by atoms with Gasteiger partial charge in [0.2, 0.25) is 0 Å². The largest absolute Gasteiger partial charge is 0.299 e. The summed E-state index contributed by atoms with van der Waals surface area (Å²) >= 11 is 0. The molecule has 0 bridgehead atoms. The van der Waals surface area contributed by atoms with Gasteiger partial charge in [0, 0.05) is 12.3 Å². The number of ketones is 1. The monoisotopic (exact) mass is 138 g/mol. The highest BCUT2D eigenvalue weighted by Gasteiger charge is 2.22. The predicted octanol–water partition coefficient (Wildman–Crippen LogP) is 2.18. The van der Waals surface area contributed by atoms with E-state index in [9.17, 15) is 4.79 Å². The third kappa shape index (κ3) is 1.47. The number of hydrogen-bond acceptors (Lipinski definition) is 1. The van der Waals surface area contributed by atoms with Crippen molar-refractivity contribution < 1.29 is 4.79 Å². The smallest absolute Gasteiger partial charge is 0.136 e. The Morgan fingerprint density at radius 1 is 1.60 bits per heavy atom. The molecule has 1 saturated carbocycles. The molecule has 0 spiro atoms. The van der Waals surface area contributed by atoms with Gasteiger partial charge in [0.1, 0.15) is 5.78 Å². The van der Waals surface area contributed by atoms with E-state index in [4.69, 9.17) is 0 Å². The Morgan fingerprint density at radius 3 is 2.80 bits per heavy atom. The molecule has 2 atom stereocenters. The summed E-state index contributed by atoms with van der Waals surface area (Å²) < 4.78 is 0. The van der Waals surface area contributed by atoms with Crippen LogP contribution in [0.1, 0.15) is 26.2 Å². The van der Waals surface area contributed by atoms with E-state index in [-0.39, 0.29) is 0 Å². The van der Waals surface area contributed by atoms with Crippen LogP contribution in [-0.2, 0) is 4.79 Å². The molecule has 10 heavy (non-hydrogen) atoms. The van der Waals surface area contributed by atoms with Crippen LogP contribution in [0.15, 0.2) is 12.7 Å². The Kier molecular flexibility index (Phi) is 2.25. The molecule has 0 amide bonds. The molecule has 1 aliphatic rings. The third-order valence-electron chi connectivity index (χ3n) is 2.32. The highest BCUT2D eigenvalue weighted by Crippen LogP contribution is 2.25. The van der Waals surface area contributed by atoms with Gasteiger partial charge >= 0.3 is 0 Å². The van der Waals surface area contributed by atoms with Crippen LogP contribution in [0.3, 0.4) is 0 Å². The highest BCUT2D eigenvalue weighted by molar-refractivity contribution is 5.81. The number of carbonyl (C=O) groups excluding carboxylic acids is 1. The van der Waals surface area contributed by atoms with E-state index in [0.717, 1.165) is 19.3 Å². The Hall–Kier alpha value is -0.590. The van der Waals surface area contributed by atoms with Crippen molar-refractivity contribution in [3.8, 4) is 0 Å². The van der Waals surface area contributed by atoms with Crippen molar-refractivity contribution in [2.45, 2.75) is 26.2 Å². The minimum absolute atomic E-state index is 0.302. The fraction of sp³-hybridized carbons (Fsp3) is 0.667. The average molecular weight is 138 g/mol. The van der Waals surface area contributed by atoms with Gasteiger partial charge in [-0.1, -0.05) is 13.0 Å². The van der Waals surface area contributed by atoms with Gasteiger partial charge in [0.05, 0.1) is 0 Å². The summed E-state index contributed by atoms with van der Waals surface area (Å²) in [6, 6.07) is 0. The zero-order valence-corrected chi connectivity index (χ0v) is 6.47. The number of hydrogen-bond donors (Lipinski definition) is 0. The Morgan fingerprint density at radius 2 is 2.30 bits per heavy atom. The molecule has 1 aliphatic carbocycles. The van der Waals surface area contributed by atoms with Crippen LogP contribution < -0.4 is 0 Å². The molecule has 1 unspecified atom stereocenters. The lowest BCUT2D eigenvalue weighted by atomic mass is 9.82. The second-order valence-corrected chi connectivity index (χ2v) is 3.14. The van der Waals surface area contributed by atoms with E-state index >= 15 is 0 Å². The summed E-state index contributed by atoms with van der Waals surface area (Å²) in [4.78, 5) is 11.1. The molecule has 1 fully saturated rings. The fourth-order valence-corrected chi connectivity index (χ4v) is 1.39. The van der Waals surface area contributed by atoms with Gasteiger partial charge in [0.25, 0.3) is 0 Å². The molecule has 1 heteroatoms. The zero-order chi connectivity index (χ0) is 7.56. The number of Topliss-reactive ketones (excluding diaryl/α,β-unsaturated/α-hetero) is 1. The standard InChI is InChI=1S/C9H14O/c1-3-8-5-4-7(2)9(10)6-8/h3,7-8H,1,4-6H2,2H3/t7?,8-/m1/s1. The van der Waals surface area contributed by atoms with Gasteiger partial charge in [-0.15, -0.1) is 6.58 Å². The number of carbonyl (C=O) groups is 1. The average Bonchev–Trinajstić information content (AvgIpc) is 1.95. The van der Waals surface area contributed by atoms with Crippen molar-refractivity contribution in [3.05, 3.63) is 12.7 Å². The minimum atomic E-state index is 0.302. The van der Waals surface area contributed by atoms with E-state index in [1.165, 1.54) is 0 Å². The van der Waals surface area contributed by atoms with E-state index < -0.39 is 0 Å². The molecule has 0 radical (unpaired) electrons. The predicted molar refractivity (Wildman–Crippen MR) is 41.7 cm³/mol. The van der Waals surface area contributed by atoms with Crippen molar-refractivity contribution in [1.29, 1.82) is 0 Å². The quantitative estimate of drug-likeness (QED) is 0.507. The Balaban J connectivity index is 2.48. The third-order valence-corrected chi connectivity index (χ3v) is 2.32. The Bertz CT molecular complexity index is 149. The lowest BCUT2D eigenvalue weighted by Gasteiger charge is -2.21. The first-order valence-electron chi connectivity index (χ1n) is 3.89. The van der Waals surface area contributed by atoms with Gasteiger partial charge < -0.3 is 0 Å². The lowest BCUT2D eigenvalue weighted by Crippen LogP contribution is -2.21. The molecule has 1 nitrogen and oxygen atoms in total. The molecular formula is C9H14O. The highest BCUT2D eigenvalue weighted by atomic mass is 16.1. The van der Waals surface area contributed by atoms with Gasteiger partial charge in [-0.25, -0.2) is 0 Å². The van der Waals surface area contributed by atoms with Crippen LogP contribution in [-0.4, -0.2) is 5.78 Å². The van der Waals surface area contributed by atoms with Gasteiger partial charge in [-0.05, 0) is 18.8 Å². The van der Waals surface area contributed by atoms with Gasteiger partial charge in [-0.2, -0.15) is 0 Å². The van der Waals surface area contributed by atoms with E-state index in [1.807, 2.05) is 13.0 Å². The molecular weight excluding hydrogens is 124 g/mol. The van der Waals surface area contributed by atoms with E-state index in [0.29, 0.717) is 17.6 Å². The van der Waals surface area contributed by atoms with Crippen LogP contribution in [0.2, 0.25) is 0 Å². The molecule has 0 saturated heterocycles. The summed E-state index contributed by atoms with van der Waals surface area (Å²) in [5, 5.41) is 0. The van der Waals surface area contributed by atoms with Crippen LogP contribution in [0.5, 0.6) is 0 Å². The fourth-order valence-electron chi connectivity index (χ4n) is 1.39. The summed E-state index contributed by atoms with van der Waals surface area (Å²) in [5.41, 5.74) is 0. The lowest BCUT2D eigenvalue weighted by molar-refractivity contribution is -0.124. The van der Waals surface area contributed by atoms with Gasteiger partial charge in [0.15, 0.2) is 0 Å². The second kappa shape index (κ2) is 3.00. The maximum Gasteiger partial charge on any atom is 0.136 e. The summed E-state index contributed by atoms with van der Waals surface area (Å²) in [6.07, 6.45) is 4.83. The van der Waals surface area contributed by atoms with Gasteiger partial charge in [-0.3, -0.25) is 4.79 Å². The number of rotatable bonds is 1. The first kappa shape index (κ1) is 7.52. The van der Waals surface area contributed by atoms with E-state index in [1.54, 1.807) is 0 Å². The summed E-state index contributed by atoms with van der Waals surface area (Å²) in [5.74, 6) is 1.18. The van der Waals surface area contributed by atoms with Crippen LogP contribution >= 0.6 is 0 Å². The molecule has 0 aromatic heterocycles. The second-order valence-electron chi connectivity index (χ2n) is 3.14. The van der Waals surface area contributed by atoms with Crippen LogP contribution in [0.25, 0.3) is 0 Å². The van der Waals surface area contributed by atoms with Crippen molar-refractivity contribution in [2.75, 3.05) is 0 Å². The maximum atomic E-state index is 11.1. The van der Waals surface area contributed by atoms with Crippen molar-refractivity contribution >= 4 is 5.78 Å². The maximum absolute atomic E-state index is 11.1. The summed E-state index contributed by atoms with van der Waals surface area (Å²) in [7, 11) is 0. The topological polar surface area (TPSA) is 17.1 Å². The van der Waals surface area contributed by atoms with Crippen molar-refractivity contribution in [2.24, 2.45) is 11.8 Å². The number of allylic oxidation sites excluding steroid dienone is 1. The minimum Gasteiger partial charge on any atom is -0.299 e. The molecule has 1 rings (SSSR count). The first-order valence-corrected chi connectivity index (χ1v) is 3.89. The molecule has 0 heterocycles. The van der Waals surface area contributed by atoms with Crippen LogP contribution in [0, 0.1) is 11.8 Å². The van der Waals surface area contributed by atoms with Crippen molar-refractivity contribution in [1.82, 2.24) is 0 Å². The first-order chi connectivity index (χ1) is 4.74.